The highest BCUT2D eigenvalue weighted by Crippen LogP contribution is 2.28. The minimum atomic E-state index is -0.140. The molecule has 7 heteroatoms. The number of piperazine rings is 1. The third-order valence-corrected chi connectivity index (χ3v) is 6.22. The zero-order valence-corrected chi connectivity index (χ0v) is 14.8. The summed E-state index contributed by atoms with van der Waals surface area (Å²) in [5.41, 5.74) is 0. The summed E-state index contributed by atoms with van der Waals surface area (Å²) >= 11 is 1.62. The molecule has 130 valence electrons. The lowest BCUT2D eigenvalue weighted by atomic mass is 10.1. The Bertz CT molecular complexity index is 651. The fourth-order valence-corrected chi connectivity index (χ4v) is 4.52. The van der Waals surface area contributed by atoms with E-state index in [0.29, 0.717) is 17.8 Å². The fraction of sp³-hybridized carbons (Fsp3) is 0.647. The Kier molecular flexibility index (Phi) is 4.67. The highest BCUT2D eigenvalue weighted by atomic mass is 32.1. The van der Waals surface area contributed by atoms with E-state index in [1.807, 2.05) is 17.5 Å². The second-order valence-electron chi connectivity index (χ2n) is 6.75. The molecule has 1 aliphatic heterocycles. The van der Waals surface area contributed by atoms with Crippen LogP contribution in [0.25, 0.3) is 10.7 Å². The molecule has 1 N–H and O–H groups in total. The van der Waals surface area contributed by atoms with Gasteiger partial charge in [0.15, 0.2) is 0 Å². The molecule has 3 heterocycles. The van der Waals surface area contributed by atoms with Crippen LogP contribution in [0.15, 0.2) is 22.0 Å². The van der Waals surface area contributed by atoms with Gasteiger partial charge in [-0.3, -0.25) is 9.80 Å². The smallest absolute Gasteiger partial charge is 0.244 e. The number of aliphatic hydroxyl groups excluding tert-OH is 1. The summed E-state index contributed by atoms with van der Waals surface area (Å²) in [7, 11) is 0. The van der Waals surface area contributed by atoms with Gasteiger partial charge in [0.05, 0.1) is 17.0 Å². The Labute approximate surface area is 146 Å². The topological polar surface area (TPSA) is 65.6 Å². The quantitative estimate of drug-likeness (QED) is 0.915. The van der Waals surface area contributed by atoms with Crippen molar-refractivity contribution in [3.05, 3.63) is 23.4 Å². The first kappa shape index (κ1) is 16.2. The number of hydrogen-bond donors (Lipinski definition) is 1. The van der Waals surface area contributed by atoms with Gasteiger partial charge in [0.2, 0.25) is 11.7 Å². The molecule has 3 atom stereocenters. The molecule has 1 aliphatic carbocycles. The van der Waals surface area contributed by atoms with Crippen LogP contribution >= 0.6 is 11.3 Å². The van der Waals surface area contributed by atoms with Crippen LogP contribution < -0.4 is 0 Å². The predicted octanol–water partition coefficient (Wildman–Crippen LogP) is 2.39. The molecular weight excluding hydrogens is 324 g/mol. The molecule has 2 aliphatic rings. The van der Waals surface area contributed by atoms with Crippen molar-refractivity contribution < 1.29 is 9.63 Å². The van der Waals surface area contributed by atoms with Gasteiger partial charge in [0, 0.05) is 32.2 Å². The molecule has 0 amide bonds. The standard InChI is InChI=1S/C17H24N4O2S/c1-12(17-18-16(19-23-17)15-6-3-11-24-15)20-7-9-21(10-8-20)13-4-2-5-14(13)22/h3,6,11-14,22H,2,4-5,7-10H2,1H3/t12-,13-,14-/m1/s1. The van der Waals surface area contributed by atoms with Crippen molar-refractivity contribution in [2.45, 2.75) is 44.4 Å². The Morgan fingerprint density at radius 3 is 2.79 bits per heavy atom. The molecule has 6 nitrogen and oxygen atoms in total. The van der Waals surface area contributed by atoms with Gasteiger partial charge in [-0.25, -0.2) is 0 Å². The van der Waals surface area contributed by atoms with Crippen molar-refractivity contribution >= 4 is 11.3 Å². The monoisotopic (exact) mass is 348 g/mol. The number of aliphatic hydroxyl groups is 1. The van der Waals surface area contributed by atoms with Crippen molar-refractivity contribution in [3.8, 4) is 10.7 Å². The van der Waals surface area contributed by atoms with Crippen molar-refractivity contribution in [1.29, 1.82) is 0 Å². The number of thiophene rings is 1. The molecular formula is C17H24N4O2S. The normalized spacial score (nSPS) is 27.6. The van der Waals surface area contributed by atoms with E-state index in [1.54, 1.807) is 11.3 Å². The van der Waals surface area contributed by atoms with E-state index in [0.717, 1.165) is 50.3 Å². The van der Waals surface area contributed by atoms with Gasteiger partial charge in [0.1, 0.15) is 0 Å². The Morgan fingerprint density at radius 1 is 1.29 bits per heavy atom. The van der Waals surface area contributed by atoms with E-state index in [1.165, 1.54) is 0 Å². The van der Waals surface area contributed by atoms with Crippen LogP contribution in [-0.2, 0) is 0 Å². The number of hydrogen-bond acceptors (Lipinski definition) is 7. The van der Waals surface area contributed by atoms with E-state index in [2.05, 4.69) is 26.9 Å². The van der Waals surface area contributed by atoms with Crippen molar-refractivity contribution in [1.82, 2.24) is 19.9 Å². The largest absolute Gasteiger partial charge is 0.391 e. The zero-order valence-electron chi connectivity index (χ0n) is 14.0. The first-order chi connectivity index (χ1) is 11.7. The molecule has 1 saturated carbocycles. The van der Waals surface area contributed by atoms with Gasteiger partial charge < -0.3 is 9.63 Å². The van der Waals surface area contributed by atoms with E-state index < -0.39 is 0 Å². The van der Waals surface area contributed by atoms with Crippen LogP contribution in [0.4, 0.5) is 0 Å². The summed E-state index contributed by atoms with van der Waals surface area (Å²) in [6, 6.07) is 4.49. The minimum absolute atomic E-state index is 0.127. The van der Waals surface area contributed by atoms with Gasteiger partial charge in [-0.05, 0) is 37.6 Å². The molecule has 4 rings (SSSR count). The summed E-state index contributed by atoms with van der Waals surface area (Å²) in [6.45, 7) is 6.07. The molecule has 2 aromatic heterocycles. The molecule has 24 heavy (non-hydrogen) atoms. The zero-order chi connectivity index (χ0) is 16.5. The highest BCUT2D eigenvalue weighted by molar-refractivity contribution is 7.13. The lowest BCUT2D eigenvalue weighted by Gasteiger charge is -2.40. The molecule has 0 aromatic carbocycles. The molecule has 1 saturated heterocycles. The van der Waals surface area contributed by atoms with E-state index in [-0.39, 0.29) is 12.1 Å². The van der Waals surface area contributed by atoms with Crippen LogP contribution in [0.1, 0.15) is 38.1 Å². The van der Waals surface area contributed by atoms with Crippen LogP contribution in [0, 0.1) is 0 Å². The summed E-state index contributed by atoms with van der Waals surface area (Å²) in [5, 5.41) is 16.2. The lowest BCUT2D eigenvalue weighted by Crippen LogP contribution is -2.52. The summed E-state index contributed by atoms with van der Waals surface area (Å²) < 4.78 is 5.50. The van der Waals surface area contributed by atoms with Gasteiger partial charge in [0.25, 0.3) is 0 Å². The van der Waals surface area contributed by atoms with Crippen molar-refractivity contribution in [2.75, 3.05) is 26.2 Å². The maximum Gasteiger partial charge on any atom is 0.244 e. The number of rotatable bonds is 4. The highest BCUT2D eigenvalue weighted by Gasteiger charge is 2.34. The summed E-state index contributed by atoms with van der Waals surface area (Å²) in [4.78, 5) is 10.5. The summed E-state index contributed by atoms with van der Waals surface area (Å²) in [5.74, 6) is 1.37. The second kappa shape index (κ2) is 6.92. The maximum absolute atomic E-state index is 10.1. The Hall–Kier alpha value is -1.28. The van der Waals surface area contributed by atoms with Gasteiger partial charge in [-0.15, -0.1) is 11.3 Å². The average molecular weight is 348 g/mol. The first-order valence-corrected chi connectivity index (χ1v) is 9.64. The molecule has 0 radical (unpaired) electrons. The molecule has 0 unspecified atom stereocenters. The lowest BCUT2D eigenvalue weighted by molar-refractivity contribution is 0.0213. The predicted molar refractivity (Wildman–Crippen MR) is 92.8 cm³/mol. The number of aromatic nitrogens is 2. The van der Waals surface area contributed by atoms with E-state index in [4.69, 9.17) is 4.52 Å². The van der Waals surface area contributed by atoms with Crippen molar-refractivity contribution in [3.63, 3.8) is 0 Å². The summed E-state index contributed by atoms with van der Waals surface area (Å²) in [6.07, 6.45) is 3.09. The van der Waals surface area contributed by atoms with Gasteiger partial charge >= 0.3 is 0 Å². The Morgan fingerprint density at radius 2 is 2.12 bits per heavy atom. The van der Waals surface area contributed by atoms with Crippen LogP contribution in [0.3, 0.4) is 0 Å². The van der Waals surface area contributed by atoms with Crippen molar-refractivity contribution in [2.24, 2.45) is 0 Å². The Balaban J connectivity index is 1.37. The minimum Gasteiger partial charge on any atom is -0.391 e. The first-order valence-electron chi connectivity index (χ1n) is 8.76. The SMILES string of the molecule is C[C@H](c1nc(-c2cccs2)no1)N1CCN([C@@H]2CCC[C@H]2O)CC1. The molecule has 0 spiro atoms. The third kappa shape index (κ3) is 3.13. The fourth-order valence-electron chi connectivity index (χ4n) is 3.87. The van der Waals surface area contributed by atoms with Gasteiger partial charge in [-0.2, -0.15) is 4.98 Å². The maximum atomic E-state index is 10.1. The van der Waals surface area contributed by atoms with Crippen LogP contribution in [-0.4, -0.2) is 63.4 Å². The molecule has 2 aromatic rings. The molecule has 2 fully saturated rings. The van der Waals surface area contributed by atoms with E-state index in [9.17, 15) is 5.11 Å². The third-order valence-electron chi connectivity index (χ3n) is 5.35. The molecule has 0 bridgehead atoms. The number of nitrogens with zero attached hydrogens (tertiary/aromatic N) is 4. The average Bonchev–Trinajstić information content (AvgIpc) is 3.35. The van der Waals surface area contributed by atoms with Gasteiger partial charge in [-0.1, -0.05) is 11.2 Å². The second-order valence-corrected chi connectivity index (χ2v) is 7.69. The van der Waals surface area contributed by atoms with Crippen LogP contribution in [0.5, 0.6) is 0 Å². The van der Waals surface area contributed by atoms with E-state index >= 15 is 0 Å². The van der Waals surface area contributed by atoms with Crippen LogP contribution in [0.2, 0.25) is 0 Å².